The zero-order chi connectivity index (χ0) is 14.8. The van der Waals surface area contributed by atoms with E-state index in [1.807, 2.05) is 25.1 Å². The van der Waals surface area contributed by atoms with Crippen LogP contribution in [-0.2, 0) is 0 Å². The standard InChI is InChI=1S/C18H15ClFN/c1-12(21-17-11-5-10-16(19)18(17)20)14-9-4-7-13-6-2-3-8-15(13)14/h2-12,21H,1H3. The van der Waals surface area contributed by atoms with Gasteiger partial charge in [-0.25, -0.2) is 4.39 Å². The highest BCUT2D eigenvalue weighted by molar-refractivity contribution is 6.31. The molecule has 106 valence electrons. The van der Waals surface area contributed by atoms with Crippen LogP contribution in [0.2, 0.25) is 5.02 Å². The molecule has 0 saturated heterocycles. The largest absolute Gasteiger partial charge is 0.376 e. The number of hydrogen-bond acceptors (Lipinski definition) is 1. The summed E-state index contributed by atoms with van der Waals surface area (Å²) in [6, 6.07) is 19.3. The van der Waals surface area contributed by atoms with E-state index in [1.165, 1.54) is 10.8 Å². The Morgan fingerprint density at radius 2 is 1.67 bits per heavy atom. The first-order valence-corrected chi connectivity index (χ1v) is 7.23. The molecule has 1 unspecified atom stereocenters. The van der Waals surface area contributed by atoms with Gasteiger partial charge in [-0.1, -0.05) is 60.1 Å². The maximum Gasteiger partial charge on any atom is 0.164 e. The number of fused-ring (bicyclic) bond motifs is 1. The number of benzene rings is 3. The van der Waals surface area contributed by atoms with Crippen LogP contribution in [0, 0.1) is 5.82 Å². The van der Waals surface area contributed by atoms with E-state index < -0.39 is 5.82 Å². The van der Waals surface area contributed by atoms with Gasteiger partial charge in [-0.05, 0) is 35.4 Å². The topological polar surface area (TPSA) is 12.0 Å². The minimum absolute atomic E-state index is 0.0240. The molecule has 0 aromatic heterocycles. The van der Waals surface area contributed by atoms with Crippen molar-refractivity contribution >= 4 is 28.1 Å². The lowest BCUT2D eigenvalue weighted by Gasteiger charge is -2.18. The second-order valence-electron chi connectivity index (χ2n) is 5.04. The van der Waals surface area contributed by atoms with Gasteiger partial charge in [0, 0.05) is 6.04 Å². The molecule has 1 N–H and O–H groups in total. The highest BCUT2D eigenvalue weighted by Gasteiger charge is 2.12. The van der Waals surface area contributed by atoms with E-state index in [1.54, 1.807) is 18.2 Å². The van der Waals surface area contributed by atoms with E-state index in [9.17, 15) is 4.39 Å². The molecule has 0 radical (unpaired) electrons. The molecule has 3 aromatic carbocycles. The van der Waals surface area contributed by atoms with Gasteiger partial charge in [0.05, 0.1) is 10.7 Å². The molecule has 21 heavy (non-hydrogen) atoms. The Bertz CT molecular complexity index is 780. The predicted molar refractivity (Wildman–Crippen MR) is 87.4 cm³/mol. The van der Waals surface area contributed by atoms with Crippen LogP contribution >= 0.6 is 11.6 Å². The molecule has 3 rings (SSSR count). The minimum Gasteiger partial charge on any atom is -0.376 e. The van der Waals surface area contributed by atoms with Crippen molar-refractivity contribution in [2.75, 3.05) is 5.32 Å². The SMILES string of the molecule is CC(Nc1cccc(Cl)c1F)c1cccc2ccccc12. The Morgan fingerprint density at radius 3 is 2.52 bits per heavy atom. The van der Waals surface area contributed by atoms with E-state index in [2.05, 4.69) is 29.6 Å². The van der Waals surface area contributed by atoms with Crippen molar-refractivity contribution in [3.63, 3.8) is 0 Å². The third kappa shape index (κ3) is 2.72. The van der Waals surface area contributed by atoms with Crippen molar-refractivity contribution in [3.05, 3.63) is 77.1 Å². The smallest absolute Gasteiger partial charge is 0.164 e. The van der Waals surface area contributed by atoms with Crippen molar-refractivity contribution in [3.8, 4) is 0 Å². The fourth-order valence-corrected chi connectivity index (χ4v) is 2.73. The lowest BCUT2D eigenvalue weighted by atomic mass is 9.99. The number of nitrogens with one attached hydrogen (secondary N) is 1. The van der Waals surface area contributed by atoms with Gasteiger partial charge in [0.15, 0.2) is 5.82 Å². The molecule has 0 spiro atoms. The summed E-state index contributed by atoms with van der Waals surface area (Å²) in [6.45, 7) is 2.02. The Morgan fingerprint density at radius 1 is 0.952 bits per heavy atom. The summed E-state index contributed by atoms with van der Waals surface area (Å²) in [7, 11) is 0. The molecule has 3 aromatic rings. The van der Waals surface area contributed by atoms with E-state index in [4.69, 9.17) is 11.6 Å². The van der Waals surface area contributed by atoms with Crippen molar-refractivity contribution in [2.45, 2.75) is 13.0 Å². The summed E-state index contributed by atoms with van der Waals surface area (Å²) in [5.41, 5.74) is 1.55. The first-order chi connectivity index (χ1) is 10.2. The molecule has 3 heteroatoms. The van der Waals surface area contributed by atoms with Crippen LogP contribution < -0.4 is 5.32 Å². The summed E-state index contributed by atoms with van der Waals surface area (Å²) in [6.07, 6.45) is 0. The maximum absolute atomic E-state index is 14.0. The Hall–Kier alpha value is -2.06. The number of rotatable bonds is 3. The molecule has 1 atom stereocenters. The highest BCUT2D eigenvalue weighted by Crippen LogP contribution is 2.29. The van der Waals surface area contributed by atoms with Gasteiger partial charge in [0.25, 0.3) is 0 Å². The summed E-state index contributed by atoms with van der Waals surface area (Å²) >= 11 is 5.82. The fraction of sp³-hybridized carbons (Fsp3) is 0.111. The monoisotopic (exact) mass is 299 g/mol. The average Bonchev–Trinajstić information content (AvgIpc) is 2.51. The van der Waals surface area contributed by atoms with Crippen LogP contribution in [0.25, 0.3) is 10.8 Å². The maximum atomic E-state index is 14.0. The first kappa shape index (κ1) is 13.9. The molecule has 0 aliphatic heterocycles. The van der Waals surface area contributed by atoms with Crippen LogP contribution in [0.1, 0.15) is 18.5 Å². The van der Waals surface area contributed by atoms with Gasteiger partial charge >= 0.3 is 0 Å². The zero-order valence-corrected chi connectivity index (χ0v) is 12.4. The van der Waals surface area contributed by atoms with Gasteiger partial charge in [0.2, 0.25) is 0 Å². The molecule has 0 aliphatic rings. The molecule has 0 bridgehead atoms. The van der Waals surface area contributed by atoms with Crippen LogP contribution in [0.15, 0.2) is 60.7 Å². The molecule has 1 nitrogen and oxygen atoms in total. The Labute approximate surface area is 128 Å². The molecular formula is C18H15ClFN. The van der Waals surface area contributed by atoms with Gasteiger partial charge in [-0.2, -0.15) is 0 Å². The van der Waals surface area contributed by atoms with Gasteiger partial charge in [-0.15, -0.1) is 0 Å². The number of hydrogen-bond donors (Lipinski definition) is 1. The first-order valence-electron chi connectivity index (χ1n) is 6.85. The molecule has 0 heterocycles. The van der Waals surface area contributed by atoms with Crippen molar-refractivity contribution in [2.24, 2.45) is 0 Å². The summed E-state index contributed by atoms with van der Waals surface area (Å²) in [4.78, 5) is 0. The van der Waals surface area contributed by atoms with E-state index in [-0.39, 0.29) is 11.1 Å². The molecular weight excluding hydrogens is 285 g/mol. The fourth-order valence-electron chi connectivity index (χ4n) is 2.55. The van der Waals surface area contributed by atoms with Crippen molar-refractivity contribution in [1.82, 2.24) is 0 Å². The quantitative estimate of drug-likeness (QED) is 0.644. The highest BCUT2D eigenvalue weighted by atomic mass is 35.5. The Balaban J connectivity index is 1.97. The van der Waals surface area contributed by atoms with E-state index >= 15 is 0 Å². The van der Waals surface area contributed by atoms with Crippen LogP contribution in [-0.4, -0.2) is 0 Å². The average molecular weight is 300 g/mol. The second kappa shape index (κ2) is 5.74. The molecule has 0 amide bonds. The molecule has 0 aliphatic carbocycles. The Kier molecular flexibility index (Phi) is 3.80. The zero-order valence-electron chi connectivity index (χ0n) is 11.6. The number of anilines is 1. The van der Waals surface area contributed by atoms with Crippen LogP contribution in [0.4, 0.5) is 10.1 Å². The number of halogens is 2. The van der Waals surface area contributed by atoms with Gasteiger partial charge < -0.3 is 5.32 Å². The van der Waals surface area contributed by atoms with Crippen LogP contribution in [0.3, 0.4) is 0 Å². The summed E-state index contributed by atoms with van der Waals surface area (Å²) < 4.78 is 14.0. The summed E-state index contributed by atoms with van der Waals surface area (Å²) in [5, 5.41) is 5.67. The van der Waals surface area contributed by atoms with Crippen molar-refractivity contribution in [1.29, 1.82) is 0 Å². The predicted octanol–water partition coefficient (Wildman–Crippen LogP) is 5.81. The molecule has 0 fully saturated rings. The van der Waals surface area contributed by atoms with E-state index in [0.29, 0.717) is 5.69 Å². The van der Waals surface area contributed by atoms with Gasteiger partial charge in [-0.3, -0.25) is 0 Å². The minimum atomic E-state index is -0.411. The third-order valence-electron chi connectivity index (χ3n) is 3.61. The lowest BCUT2D eigenvalue weighted by Crippen LogP contribution is -2.08. The summed E-state index contributed by atoms with van der Waals surface area (Å²) in [5.74, 6) is -0.411. The van der Waals surface area contributed by atoms with Gasteiger partial charge in [0.1, 0.15) is 0 Å². The normalized spacial score (nSPS) is 12.3. The molecule has 0 saturated carbocycles. The second-order valence-corrected chi connectivity index (χ2v) is 5.44. The van der Waals surface area contributed by atoms with Crippen molar-refractivity contribution < 1.29 is 4.39 Å². The third-order valence-corrected chi connectivity index (χ3v) is 3.91. The van der Waals surface area contributed by atoms with Crippen LogP contribution in [0.5, 0.6) is 0 Å². The lowest BCUT2D eigenvalue weighted by molar-refractivity contribution is 0.628. The van der Waals surface area contributed by atoms with E-state index in [0.717, 1.165) is 5.56 Å².